The quantitative estimate of drug-likeness (QED) is 0.884. The monoisotopic (exact) mass is 291 g/mol. The lowest BCUT2D eigenvalue weighted by Gasteiger charge is -2.13. The number of nitrogens with one attached hydrogen (secondary N) is 2. The Kier molecular flexibility index (Phi) is 4.63. The molecule has 1 heterocycles. The van der Waals surface area contributed by atoms with Gasteiger partial charge < -0.3 is 15.5 Å². The summed E-state index contributed by atoms with van der Waals surface area (Å²) in [7, 11) is 4.01. The van der Waals surface area contributed by atoms with E-state index in [9.17, 15) is 0 Å². The molecule has 0 aliphatic carbocycles. The van der Waals surface area contributed by atoms with Gasteiger partial charge in [0, 0.05) is 32.0 Å². The first-order valence-corrected chi connectivity index (χ1v) is 6.78. The lowest BCUT2D eigenvalue weighted by molar-refractivity contribution is 1.09. The van der Waals surface area contributed by atoms with Crippen LogP contribution in [0, 0.1) is 0 Å². The third-order valence-corrected chi connectivity index (χ3v) is 3.00. The Bertz CT molecular complexity index is 568. The number of hydrogen-bond donors (Lipinski definition) is 2. The first-order chi connectivity index (χ1) is 9.60. The van der Waals surface area contributed by atoms with Gasteiger partial charge in [-0.3, -0.25) is 0 Å². The summed E-state index contributed by atoms with van der Waals surface area (Å²) in [6.07, 6.45) is 1.59. The Morgan fingerprint density at radius 2 is 1.90 bits per heavy atom. The maximum absolute atomic E-state index is 6.10. The lowest BCUT2D eigenvalue weighted by Crippen LogP contribution is -2.08. The third-order valence-electron chi connectivity index (χ3n) is 2.73. The van der Waals surface area contributed by atoms with Crippen molar-refractivity contribution in [3.8, 4) is 0 Å². The highest BCUT2D eigenvalue weighted by Crippen LogP contribution is 2.24. The zero-order valence-corrected chi connectivity index (χ0v) is 12.6. The summed E-state index contributed by atoms with van der Waals surface area (Å²) in [5.74, 6) is 1.15. The van der Waals surface area contributed by atoms with Gasteiger partial charge in [-0.2, -0.15) is 4.98 Å². The Balaban J connectivity index is 2.18. The minimum atomic E-state index is 0.489. The fraction of sp³-hybridized carbons (Fsp3) is 0.286. The minimum Gasteiger partial charge on any atom is -0.378 e. The van der Waals surface area contributed by atoms with E-state index in [0.29, 0.717) is 16.8 Å². The van der Waals surface area contributed by atoms with Gasteiger partial charge in [0.1, 0.15) is 5.02 Å². The van der Waals surface area contributed by atoms with Crippen LogP contribution in [0.5, 0.6) is 0 Å². The molecule has 0 bridgehead atoms. The Morgan fingerprint density at radius 1 is 1.20 bits per heavy atom. The van der Waals surface area contributed by atoms with Crippen molar-refractivity contribution in [3.63, 3.8) is 0 Å². The summed E-state index contributed by atoms with van der Waals surface area (Å²) >= 11 is 6.10. The smallest absolute Gasteiger partial charge is 0.224 e. The molecule has 6 heteroatoms. The van der Waals surface area contributed by atoms with Crippen LogP contribution in [-0.2, 0) is 0 Å². The first kappa shape index (κ1) is 14.4. The first-order valence-electron chi connectivity index (χ1n) is 6.41. The Labute approximate surface area is 124 Å². The van der Waals surface area contributed by atoms with E-state index in [-0.39, 0.29) is 0 Å². The molecule has 2 rings (SSSR count). The molecule has 2 N–H and O–H groups in total. The lowest BCUT2D eigenvalue weighted by atomic mass is 10.2. The second-order valence-electron chi connectivity index (χ2n) is 4.49. The topological polar surface area (TPSA) is 53.1 Å². The van der Waals surface area contributed by atoms with Crippen LogP contribution in [0.1, 0.15) is 6.92 Å². The zero-order valence-electron chi connectivity index (χ0n) is 11.8. The predicted molar refractivity (Wildman–Crippen MR) is 85.3 cm³/mol. The van der Waals surface area contributed by atoms with E-state index < -0.39 is 0 Å². The zero-order chi connectivity index (χ0) is 14.5. The molecule has 0 spiro atoms. The summed E-state index contributed by atoms with van der Waals surface area (Å²) in [6.45, 7) is 2.75. The van der Waals surface area contributed by atoms with E-state index in [2.05, 4.69) is 20.6 Å². The molecule has 2 aromatic rings. The number of rotatable bonds is 5. The molecule has 106 valence electrons. The van der Waals surface area contributed by atoms with Crippen LogP contribution in [0.4, 0.5) is 23.1 Å². The summed E-state index contributed by atoms with van der Waals surface area (Å²) in [5, 5.41) is 6.74. The van der Waals surface area contributed by atoms with Gasteiger partial charge in [0.05, 0.1) is 6.20 Å². The molecule has 1 aromatic heterocycles. The summed E-state index contributed by atoms with van der Waals surface area (Å²) < 4.78 is 0. The van der Waals surface area contributed by atoms with Crippen molar-refractivity contribution in [2.45, 2.75) is 6.92 Å². The van der Waals surface area contributed by atoms with Crippen molar-refractivity contribution >= 4 is 34.7 Å². The molecule has 0 unspecified atom stereocenters. The second kappa shape index (κ2) is 6.43. The van der Waals surface area contributed by atoms with Crippen molar-refractivity contribution < 1.29 is 0 Å². The molecule has 0 amide bonds. The van der Waals surface area contributed by atoms with Crippen molar-refractivity contribution in [1.29, 1.82) is 0 Å². The van der Waals surface area contributed by atoms with Crippen LogP contribution in [-0.4, -0.2) is 30.6 Å². The van der Waals surface area contributed by atoms with E-state index in [4.69, 9.17) is 11.6 Å². The van der Waals surface area contributed by atoms with Gasteiger partial charge in [0.25, 0.3) is 0 Å². The average molecular weight is 292 g/mol. The van der Waals surface area contributed by atoms with Gasteiger partial charge in [-0.15, -0.1) is 0 Å². The fourth-order valence-electron chi connectivity index (χ4n) is 1.68. The summed E-state index contributed by atoms with van der Waals surface area (Å²) in [5.41, 5.74) is 2.07. The minimum absolute atomic E-state index is 0.489. The molecule has 0 atom stereocenters. The molecule has 1 aromatic carbocycles. The van der Waals surface area contributed by atoms with E-state index in [1.807, 2.05) is 50.2 Å². The van der Waals surface area contributed by atoms with Gasteiger partial charge in [0.2, 0.25) is 5.95 Å². The molecule has 0 saturated carbocycles. The number of anilines is 4. The molecule has 5 nitrogen and oxygen atoms in total. The number of aromatic nitrogens is 2. The van der Waals surface area contributed by atoms with Crippen LogP contribution in [0.2, 0.25) is 5.02 Å². The summed E-state index contributed by atoms with van der Waals surface area (Å²) in [6, 6.07) is 8.03. The number of benzene rings is 1. The number of hydrogen-bond acceptors (Lipinski definition) is 5. The highest BCUT2D eigenvalue weighted by Gasteiger charge is 2.05. The van der Waals surface area contributed by atoms with E-state index in [1.165, 1.54) is 0 Å². The third kappa shape index (κ3) is 3.51. The highest BCUT2D eigenvalue weighted by atomic mass is 35.5. The predicted octanol–water partition coefficient (Wildman–Crippen LogP) is 3.37. The standard InChI is InChI=1S/C14H18ClN5/c1-4-16-14-17-9-12(15)13(19-14)18-10-5-7-11(8-6-10)20(2)3/h5-9H,4H2,1-3H3,(H2,16,17,18,19). The van der Waals surface area contributed by atoms with E-state index >= 15 is 0 Å². The molecule has 0 aliphatic heterocycles. The van der Waals surface area contributed by atoms with Crippen molar-refractivity contribution in [2.75, 3.05) is 36.2 Å². The van der Waals surface area contributed by atoms with Crippen molar-refractivity contribution in [2.24, 2.45) is 0 Å². The van der Waals surface area contributed by atoms with E-state index in [1.54, 1.807) is 6.20 Å². The maximum atomic E-state index is 6.10. The van der Waals surface area contributed by atoms with Crippen LogP contribution in [0.25, 0.3) is 0 Å². The SMILES string of the molecule is CCNc1ncc(Cl)c(Nc2ccc(N(C)C)cc2)n1. The van der Waals surface area contributed by atoms with Crippen LogP contribution >= 0.6 is 11.6 Å². The second-order valence-corrected chi connectivity index (χ2v) is 4.89. The molecule has 20 heavy (non-hydrogen) atoms. The van der Waals surface area contributed by atoms with Crippen molar-refractivity contribution in [1.82, 2.24) is 9.97 Å². The highest BCUT2D eigenvalue weighted by molar-refractivity contribution is 6.32. The Morgan fingerprint density at radius 3 is 2.50 bits per heavy atom. The molecule has 0 aliphatic rings. The van der Waals surface area contributed by atoms with Crippen LogP contribution in [0.15, 0.2) is 30.5 Å². The molecule has 0 saturated heterocycles. The van der Waals surface area contributed by atoms with Gasteiger partial charge >= 0.3 is 0 Å². The largest absolute Gasteiger partial charge is 0.378 e. The maximum Gasteiger partial charge on any atom is 0.224 e. The van der Waals surface area contributed by atoms with Gasteiger partial charge in [-0.1, -0.05) is 11.6 Å². The molecular weight excluding hydrogens is 274 g/mol. The summed E-state index contributed by atoms with van der Waals surface area (Å²) in [4.78, 5) is 10.5. The van der Waals surface area contributed by atoms with E-state index in [0.717, 1.165) is 17.9 Å². The van der Waals surface area contributed by atoms with Crippen LogP contribution < -0.4 is 15.5 Å². The van der Waals surface area contributed by atoms with Gasteiger partial charge in [-0.05, 0) is 31.2 Å². The fourth-order valence-corrected chi connectivity index (χ4v) is 1.82. The van der Waals surface area contributed by atoms with Gasteiger partial charge in [-0.25, -0.2) is 4.98 Å². The van der Waals surface area contributed by atoms with Crippen molar-refractivity contribution in [3.05, 3.63) is 35.5 Å². The normalized spacial score (nSPS) is 10.2. The van der Waals surface area contributed by atoms with Crippen LogP contribution in [0.3, 0.4) is 0 Å². The van der Waals surface area contributed by atoms with Gasteiger partial charge in [0.15, 0.2) is 5.82 Å². The molecule has 0 fully saturated rings. The number of nitrogens with zero attached hydrogens (tertiary/aromatic N) is 3. The number of halogens is 1. The molecular formula is C14H18ClN5. The Hall–Kier alpha value is -2.01. The average Bonchev–Trinajstić information content (AvgIpc) is 2.43. The molecule has 0 radical (unpaired) electrons.